The molecule has 0 aromatic heterocycles. The monoisotopic (exact) mass is 270 g/mol. The molecule has 20 heavy (non-hydrogen) atoms. The van der Waals surface area contributed by atoms with Crippen molar-refractivity contribution in [2.75, 3.05) is 0 Å². The van der Waals surface area contributed by atoms with Gasteiger partial charge in [0.05, 0.1) is 12.2 Å². The van der Waals surface area contributed by atoms with Crippen molar-refractivity contribution < 1.29 is 4.74 Å². The first kappa shape index (κ1) is 12.9. The normalized spacial score (nSPS) is 33.7. The lowest BCUT2D eigenvalue weighted by Gasteiger charge is -2.26. The van der Waals surface area contributed by atoms with Gasteiger partial charge in [-0.1, -0.05) is 43.5 Å². The van der Waals surface area contributed by atoms with Gasteiger partial charge < -0.3 is 4.74 Å². The van der Waals surface area contributed by atoms with Crippen LogP contribution in [0.1, 0.15) is 68.4 Å². The lowest BCUT2D eigenvalue weighted by molar-refractivity contribution is 0.359. The van der Waals surface area contributed by atoms with E-state index in [1.807, 2.05) is 0 Å². The highest BCUT2D eigenvalue weighted by Gasteiger charge is 2.43. The van der Waals surface area contributed by atoms with Gasteiger partial charge >= 0.3 is 0 Å². The minimum absolute atomic E-state index is 0.621. The van der Waals surface area contributed by atoms with Crippen molar-refractivity contribution in [3.05, 3.63) is 35.4 Å². The van der Waals surface area contributed by atoms with Gasteiger partial charge in [0.2, 0.25) is 0 Å². The highest BCUT2D eigenvalue weighted by Crippen LogP contribution is 2.42. The predicted octanol–water partition coefficient (Wildman–Crippen LogP) is 4.84. The van der Waals surface area contributed by atoms with Crippen LogP contribution in [0.25, 0.3) is 0 Å². The fourth-order valence-corrected chi connectivity index (χ4v) is 4.52. The largest absolute Gasteiger partial charge is 0.370 e. The van der Waals surface area contributed by atoms with Crippen LogP contribution in [-0.4, -0.2) is 12.2 Å². The zero-order chi connectivity index (χ0) is 13.4. The first-order chi connectivity index (χ1) is 9.90. The minimum Gasteiger partial charge on any atom is -0.370 e. The predicted molar refractivity (Wildman–Crippen MR) is 82.0 cm³/mol. The van der Waals surface area contributed by atoms with Crippen molar-refractivity contribution >= 4 is 0 Å². The van der Waals surface area contributed by atoms with Crippen LogP contribution in [0.15, 0.2) is 24.3 Å². The van der Waals surface area contributed by atoms with Crippen LogP contribution < -0.4 is 0 Å². The molecular weight excluding hydrogens is 244 g/mol. The van der Waals surface area contributed by atoms with E-state index in [4.69, 9.17) is 4.74 Å². The fourth-order valence-electron chi connectivity index (χ4n) is 4.52. The Kier molecular flexibility index (Phi) is 3.56. The van der Waals surface area contributed by atoms with Gasteiger partial charge in [-0.25, -0.2) is 0 Å². The Morgan fingerprint density at radius 3 is 2.60 bits per heavy atom. The third-order valence-electron chi connectivity index (χ3n) is 5.72. The van der Waals surface area contributed by atoms with Gasteiger partial charge in [0.25, 0.3) is 0 Å². The molecule has 108 valence electrons. The number of hydrogen-bond acceptors (Lipinski definition) is 1. The summed E-state index contributed by atoms with van der Waals surface area (Å²) >= 11 is 0. The van der Waals surface area contributed by atoms with Crippen LogP contribution in [0.5, 0.6) is 0 Å². The number of hydrogen-bond donors (Lipinski definition) is 0. The van der Waals surface area contributed by atoms with E-state index in [-0.39, 0.29) is 0 Å². The highest BCUT2D eigenvalue weighted by molar-refractivity contribution is 5.31. The van der Waals surface area contributed by atoms with Gasteiger partial charge in [-0.3, -0.25) is 0 Å². The van der Waals surface area contributed by atoms with E-state index >= 15 is 0 Å². The molecule has 1 heterocycles. The van der Waals surface area contributed by atoms with Crippen LogP contribution >= 0.6 is 0 Å². The molecule has 0 radical (unpaired) electrons. The van der Waals surface area contributed by atoms with E-state index in [1.54, 1.807) is 11.1 Å². The molecule has 3 fully saturated rings. The quantitative estimate of drug-likeness (QED) is 0.716. The summed E-state index contributed by atoms with van der Waals surface area (Å²) in [4.78, 5) is 0. The minimum atomic E-state index is 0.621. The average Bonchev–Trinajstić information content (AvgIpc) is 3.27. The van der Waals surface area contributed by atoms with Crippen molar-refractivity contribution in [1.29, 1.82) is 0 Å². The zero-order valence-electron chi connectivity index (χ0n) is 12.4. The molecule has 3 atom stereocenters. The maximum absolute atomic E-state index is 5.69. The Morgan fingerprint density at radius 1 is 0.900 bits per heavy atom. The second-order valence-corrected chi connectivity index (χ2v) is 7.13. The molecule has 1 heteroatoms. The smallest absolute Gasteiger partial charge is 0.0844 e. The molecular formula is C19H26O. The summed E-state index contributed by atoms with van der Waals surface area (Å²) in [5, 5.41) is 0. The van der Waals surface area contributed by atoms with Crippen LogP contribution in [0.2, 0.25) is 0 Å². The maximum atomic E-state index is 5.69. The van der Waals surface area contributed by atoms with Gasteiger partial charge in [-0.2, -0.15) is 0 Å². The van der Waals surface area contributed by atoms with E-state index in [0.29, 0.717) is 12.2 Å². The Bertz CT molecular complexity index is 461. The van der Waals surface area contributed by atoms with E-state index in [9.17, 15) is 0 Å². The number of benzene rings is 1. The average molecular weight is 270 g/mol. The molecule has 1 aromatic carbocycles. The summed E-state index contributed by atoms with van der Waals surface area (Å²) in [6.07, 6.45) is 13.7. The molecule has 1 saturated heterocycles. The maximum Gasteiger partial charge on any atom is 0.0844 e. The van der Waals surface area contributed by atoms with Gasteiger partial charge in [-0.15, -0.1) is 0 Å². The zero-order valence-corrected chi connectivity index (χ0v) is 12.4. The second-order valence-electron chi connectivity index (χ2n) is 7.13. The number of rotatable bonds is 3. The topological polar surface area (TPSA) is 12.5 Å². The standard InChI is InChI=1S/C19H26O/c1-2-6-15(7-3-1)17-9-5-4-8-16(17)12-14-10-11-18-19(13-14)20-18/h4-5,8-9,14-15,18-19H,1-3,6-7,10-13H2. The number of ether oxygens (including phenoxy) is 1. The molecule has 4 rings (SSSR count). The molecule has 1 nitrogen and oxygen atoms in total. The Morgan fingerprint density at radius 2 is 1.75 bits per heavy atom. The Balaban J connectivity index is 1.48. The second kappa shape index (κ2) is 5.52. The van der Waals surface area contributed by atoms with Crippen LogP contribution in [0.3, 0.4) is 0 Å². The Labute approximate surface area is 122 Å². The van der Waals surface area contributed by atoms with E-state index < -0.39 is 0 Å². The molecule has 1 aromatic rings. The summed E-state index contributed by atoms with van der Waals surface area (Å²) in [5.74, 6) is 1.71. The summed E-state index contributed by atoms with van der Waals surface area (Å²) in [5.41, 5.74) is 3.31. The molecule has 2 aliphatic carbocycles. The van der Waals surface area contributed by atoms with Gasteiger partial charge in [0, 0.05) is 0 Å². The molecule has 2 saturated carbocycles. The van der Waals surface area contributed by atoms with Crippen molar-refractivity contribution in [3.63, 3.8) is 0 Å². The molecule has 0 bridgehead atoms. The van der Waals surface area contributed by atoms with E-state index in [1.165, 1.54) is 57.8 Å². The number of fused-ring (bicyclic) bond motifs is 1. The van der Waals surface area contributed by atoms with Crippen molar-refractivity contribution in [3.8, 4) is 0 Å². The van der Waals surface area contributed by atoms with Gasteiger partial charge in [-0.05, 0) is 61.5 Å². The Hall–Kier alpha value is -0.820. The molecule has 0 N–H and O–H groups in total. The SMILES string of the molecule is c1ccc(C2CCCCC2)c(CC2CCC3OC3C2)c1. The van der Waals surface area contributed by atoms with Crippen LogP contribution in [-0.2, 0) is 11.2 Å². The van der Waals surface area contributed by atoms with Crippen molar-refractivity contribution in [2.24, 2.45) is 5.92 Å². The van der Waals surface area contributed by atoms with Crippen molar-refractivity contribution in [1.82, 2.24) is 0 Å². The summed E-state index contributed by atoms with van der Waals surface area (Å²) < 4.78 is 5.69. The van der Waals surface area contributed by atoms with Gasteiger partial charge in [0.1, 0.15) is 0 Å². The van der Waals surface area contributed by atoms with Gasteiger partial charge in [0.15, 0.2) is 0 Å². The molecule has 0 spiro atoms. The number of epoxide rings is 1. The first-order valence-electron chi connectivity index (χ1n) is 8.63. The van der Waals surface area contributed by atoms with Crippen LogP contribution in [0.4, 0.5) is 0 Å². The first-order valence-corrected chi connectivity index (χ1v) is 8.63. The van der Waals surface area contributed by atoms with Crippen LogP contribution in [0, 0.1) is 5.92 Å². The lowest BCUT2D eigenvalue weighted by Crippen LogP contribution is -2.17. The summed E-state index contributed by atoms with van der Waals surface area (Å²) in [6, 6.07) is 9.28. The molecule has 3 aliphatic rings. The molecule has 0 amide bonds. The highest BCUT2D eigenvalue weighted by atomic mass is 16.6. The third kappa shape index (κ3) is 2.65. The van der Waals surface area contributed by atoms with Crippen molar-refractivity contribution in [2.45, 2.75) is 75.9 Å². The fraction of sp³-hybridized carbons (Fsp3) is 0.684. The molecule has 3 unspecified atom stereocenters. The molecule has 1 aliphatic heterocycles. The van der Waals surface area contributed by atoms with E-state index in [0.717, 1.165) is 11.8 Å². The summed E-state index contributed by atoms with van der Waals surface area (Å²) in [6.45, 7) is 0. The third-order valence-corrected chi connectivity index (χ3v) is 5.72. The van der Waals surface area contributed by atoms with E-state index in [2.05, 4.69) is 24.3 Å². The lowest BCUT2D eigenvalue weighted by atomic mass is 9.78. The summed E-state index contributed by atoms with van der Waals surface area (Å²) in [7, 11) is 0.